The van der Waals surface area contributed by atoms with Gasteiger partial charge in [-0.3, -0.25) is 4.79 Å². The number of nitrogens with one attached hydrogen (secondary N) is 1. The van der Waals surface area contributed by atoms with Crippen molar-refractivity contribution in [2.24, 2.45) is 0 Å². The Labute approximate surface area is 91.7 Å². The van der Waals surface area contributed by atoms with E-state index in [-0.39, 0.29) is 16.4 Å². The number of pyridine rings is 1. The van der Waals surface area contributed by atoms with Gasteiger partial charge in [-0.2, -0.15) is 0 Å². The van der Waals surface area contributed by atoms with Crippen LogP contribution >= 0.6 is 0 Å². The Bertz CT molecular complexity index is 402. The number of rotatable bonds is 0. The van der Waals surface area contributed by atoms with E-state index in [1.165, 1.54) is 5.56 Å². The zero-order chi connectivity index (χ0) is 11.9. The maximum atomic E-state index is 11.4. The van der Waals surface area contributed by atoms with Crippen molar-refractivity contribution >= 4 is 0 Å². The third-order valence-electron chi connectivity index (χ3n) is 2.48. The molecular formula is C13H21NO. The molecule has 15 heavy (non-hydrogen) atoms. The molecule has 0 radical (unpaired) electrons. The van der Waals surface area contributed by atoms with Crippen LogP contribution < -0.4 is 5.56 Å². The van der Waals surface area contributed by atoms with E-state index in [1.54, 1.807) is 6.07 Å². The lowest BCUT2D eigenvalue weighted by atomic mass is 9.78. The Balaban J connectivity index is 3.48. The highest BCUT2D eigenvalue weighted by Crippen LogP contribution is 2.31. The summed E-state index contributed by atoms with van der Waals surface area (Å²) in [5.41, 5.74) is 2.28. The zero-order valence-corrected chi connectivity index (χ0v) is 10.6. The Kier molecular flexibility index (Phi) is 2.81. The number of hydrogen-bond donors (Lipinski definition) is 1. The van der Waals surface area contributed by atoms with Crippen molar-refractivity contribution in [1.82, 2.24) is 4.98 Å². The fraction of sp³-hybridized carbons (Fsp3) is 0.615. The maximum absolute atomic E-state index is 11.4. The first-order valence-electron chi connectivity index (χ1n) is 5.36. The van der Waals surface area contributed by atoms with Crippen molar-refractivity contribution in [2.45, 2.75) is 52.4 Å². The van der Waals surface area contributed by atoms with Gasteiger partial charge in [0, 0.05) is 17.2 Å². The molecule has 0 saturated heterocycles. The molecule has 0 atom stereocenters. The molecule has 1 aromatic rings. The predicted octanol–water partition coefficient (Wildman–Crippen LogP) is 2.97. The summed E-state index contributed by atoms with van der Waals surface area (Å²) in [4.78, 5) is 14.3. The molecule has 0 aliphatic carbocycles. The van der Waals surface area contributed by atoms with E-state index in [0.717, 1.165) is 5.69 Å². The molecule has 0 unspecified atom stereocenters. The van der Waals surface area contributed by atoms with E-state index >= 15 is 0 Å². The highest BCUT2D eigenvalue weighted by Gasteiger charge is 2.25. The molecular weight excluding hydrogens is 186 g/mol. The molecule has 0 aliphatic rings. The second kappa shape index (κ2) is 3.51. The monoisotopic (exact) mass is 207 g/mol. The van der Waals surface area contributed by atoms with Crippen LogP contribution in [0.15, 0.2) is 16.9 Å². The average molecular weight is 207 g/mol. The number of hydrogen-bond acceptors (Lipinski definition) is 1. The van der Waals surface area contributed by atoms with Gasteiger partial charge in [0.25, 0.3) is 0 Å². The van der Waals surface area contributed by atoms with Crippen LogP contribution in [-0.4, -0.2) is 4.98 Å². The molecule has 0 aromatic carbocycles. The van der Waals surface area contributed by atoms with Crippen molar-refractivity contribution in [3.8, 4) is 0 Å². The molecule has 84 valence electrons. The van der Waals surface area contributed by atoms with Crippen molar-refractivity contribution in [1.29, 1.82) is 0 Å². The highest BCUT2D eigenvalue weighted by molar-refractivity contribution is 5.31. The lowest BCUT2D eigenvalue weighted by Crippen LogP contribution is -2.26. The second-order valence-corrected chi connectivity index (χ2v) is 6.11. The van der Waals surface area contributed by atoms with Gasteiger partial charge < -0.3 is 4.98 Å². The van der Waals surface area contributed by atoms with E-state index in [9.17, 15) is 4.79 Å². The van der Waals surface area contributed by atoms with E-state index < -0.39 is 0 Å². The third-order valence-corrected chi connectivity index (χ3v) is 2.48. The lowest BCUT2D eigenvalue weighted by molar-refractivity contribution is 0.512. The number of aromatic nitrogens is 1. The quantitative estimate of drug-likeness (QED) is 0.697. The first-order chi connectivity index (χ1) is 6.62. The molecule has 0 amide bonds. The SMILES string of the molecule is CC(C)(C)c1ccc(=O)[nH]c1C(C)(C)C. The highest BCUT2D eigenvalue weighted by atomic mass is 16.1. The minimum atomic E-state index is -0.0248. The molecule has 0 aliphatic heterocycles. The van der Waals surface area contributed by atoms with Crippen LogP contribution in [0.25, 0.3) is 0 Å². The van der Waals surface area contributed by atoms with Crippen molar-refractivity contribution in [2.75, 3.05) is 0 Å². The summed E-state index contributed by atoms with van der Waals surface area (Å²) < 4.78 is 0. The van der Waals surface area contributed by atoms with Gasteiger partial charge in [-0.15, -0.1) is 0 Å². The average Bonchev–Trinajstić information content (AvgIpc) is 2.00. The molecule has 0 bridgehead atoms. The Morgan fingerprint density at radius 3 is 1.87 bits per heavy atom. The van der Waals surface area contributed by atoms with Gasteiger partial charge in [0.05, 0.1) is 0 Å². The van der Waals surface area contributed by atoms with Gasteiger partial charge >= 0.3 is 0 Å². The van der Waals surface area contributed by atoms with E-state index in [0.29, 0.717) is 0 Å². The summed E-state index contributed by atoms with van der Waals surface area (Å²) >= 11 is 0. The van der Waals surface area contributed by atoms with Gasteiger partial charge in [-0.1, -0.05) is 47.6 Å². The smallest absolute Gasteiger partial charge is 0.248 e. The van der Waals surface area contributed by atoms with Crippen LogP contribution in [0.4, 0.5) is 0 Å². The van der Waals surface area contributed by atoms with Crippen LogP contribution in [-0.2, 0) is 10.8 Å². The van der Waals surface area contributed by atoms with Crippen LogP contribution in [0.1, 0.15) is 52.8 Å². The Morgan fingerprint density at radius 2 is 1.47 bits per heavy atom. The van der Waals surface area contributed by atoms with Crippen molar-refractivity contribution < 1.29 is 0 Å². The van der Waals surface area contributed by atoms with Gasteiger partial charge in [0.1, 0.15) is 0 Å². The molecule has 2 nitrogen and oxygen atoms in total. The summed E-state index contributed by atoms with van der Waals surface area (Å²) in [6, 6.07) is 3.55. The number of H-pyrrole nitrogens is 1. The van der Waals surface area contributed by atoms with Crippen LogP contribution in [0, 0.1) is 0 Å². The predicted molar refractivity (Wildman–Crippen MR) is 64.5 cm³/mol. The summed E-state index contributed by atoms with van der Waals surface area (Å²) in [6.45, 7) is 12.8. The van der Waals surface area contributed by atoms with Gasteiger partial charge in [-0.25, -0.2) is 0 Å². The van der Waals surface area contributed by atoms with Gasteiger partial charge in [0.2, 0.25) is 5.56 Å². The molecule has 0 saturated carbocycles. The third kappa shape index (κ3) is 2.71. The van der Waals surface area contributed by atoms with Gasteiger partial charge in [0.15, 0.2) is 0 Å². The fourth-order valence-corrected chi connectivity index (χ4v) is 1.69. The minimum Gasteiger partial charge on any atom is -0.325 e. The van der Waals surface area contributed by atoms with E-state index in [2.05, 4.69) is 46.5 Å². The van der Waals surface area contributed by atoms with Crippen molar-refractivity contribution in [3.63, 3.8) is 0 Å². The summed E-state index contributed by atoms with van der Waals surface area (Å²) in [5.74, 6) is 0. The lowest BCUT2D eigenvalue weighted by Gasteiger charge is -2.29. The van der Waals surface area contributed by atoms with Crippen LogP contribution in [0.2, 0.25) is 0 Å². The zero-order valence-electron chi connectivity index (χ0n) is 10.6. The van der Waals surface area contributed by atoms with Crippen molar-refractivity contribution in [3.05, 3.63) is 33.7 Å². The maximum Gasteiger partial charge on any atom is 0.248 e. The van der Waals surface area contributed by atoms with E-state index in [4.69, 9.17) is 0 Å². The van der Waals surface area contributed by atoms with E-state index in [1.807, 2.05) is 6.07 Å². The second-order valence-electron chi connectivity index (χ2n) is 6.11. The first-order valence-corrected chi connectivity index (χ1v) is 5.36. The Morgan fingerprint density at radius 1 is 0.933 bits per heavy atom. The Hall–Kier alpha value is -1.05. The standard InChI is InChI=1S/C13H21NO/c1-12(2,3)9-7-8-10(15)14-11(9)13(4,5)6/h7-8H,1-6H3,(H,14,15). The molecule has 0 spiro atoms. The molecule has 1 rings (SSSR count). The summed E-state index contributed by atoms with van der Waals surface area (Å²) in [7, 11) is 0. The summed E-state index contributed by atoms with van der Waals surface area (Å²) in [6.07, 6.45) is 0. The van der Waals surface area contributed by atoms with Crippen LogP contribution in [0.3, 0.4) is 0 Å². The largest absolute Gasteiger partial charge is 0.325 e. The van der Waals surface area contributed by atoms with Crippen LogP contribution in [0.5, 0.6) is 0 Å². The normalized spacial score (nSPS) is 12.9. The van der Waals surface area contributed by atoms with Gasteiger partial charge in [-0.05, 0) is 11.0 Å². The molecule has 2 heteroatoms. The molecule has 1 N–H and O–H groups in total. The molecule has 0 fully saturated rings. The fourth-order valence-electron chi connectivity index (χ4n) is 1.69. The minimum absolute atomic E-state index is 0.0204. The molecule has 1 heterocycles. The topological polar surface area (TPSA) is 32.9 Å². The number of aromatic amines is 1. The first kappa shape index (κ1) is 12.0. The molecule has 1 aromatic heterocycles. The summed E-state index contributed by atoms with van der Waals surface area (Å²) in [5, 5.41) is 0.